The molecule has 2 rings (SSSR count). The fraction of sp³-hybridized carbons (Fsp3) is 0.333. The van der Waals surface area contributed by atoms with Crippen LogP contribution in [-0.2, 0) is 19.1 Å². The maximum atomic E-state index is 12.5. The molecule has 0 saturated carbocycles. The summed E-state index contributed by atoms with van der Waals surface area (Å²) in [5.74, 6) is -2.73. The molecule has 1 aliphatic rings. The smallest absolute Gasteiger partial charge is 0.336 e. The van der Waals surface area contributed by atoms with Crippen LogP contribution >= 0.6 is 23.2 Å². The van der Waals surface area contributed by atoms with Crippen LogP contribution in [0.25, 0.3) is 0 Å². The van der Waals surface area contributed by atoms with Crippen LogP contribution in [0.5, 0.6) is 0 Å². The first-order valence-corrected chi connectivity index (χ1v) is 8.37. The number of rotatable bonds is 4. The predicted octanol–water partition coefficient (Wildman–Crippen LogP) is 3.68. The van der Waals surface area contributed by atoms with E-state index in [-0.39, 0.29) is 17.7 Å². The lowest BCUT2D eigenvalue weighted by atomic mass is 9.76. The molecular weight excluding hydrogens is 379 g/mol. The monoisotopic (exact) mass is 394 g/mol. The van der Waals surface area contributed by atoms with E-state index in [4.69, 9.17) is 27.9 Å². The van der Waals surface area contributed by atoms with Gasteiger partial charge in [-0.15, -0.1) is 0 Å². The Morgan fingerprint density at radius 1 is 1.27 bits per heavy atom. The zero-order valence-electron chi connectivity index (χ0n) is 14.4. The zero-order valence-corrected chi connectivity index (χ0v) is 15.9. The fourth-order valence-electron chi connectivity index (χ4n) is 2.89. The fourth-order valence-corrected chi connectivity index (χ4v) is 3.41. The van der Waals surface area contributed by atoms with Crippen molar-refractivity contribution in [3.63, 3.8) is 0 Å². The second-order valence-electron chi connectivity index (χ2n) is 5.61. The summed E-state index contributed by atoms with van der Waals surface area (Å²) in [5.41, 5.74) is 1.30. The van der Waals surface area contributed by atoms with Gasteiger partial charge in [0, 0.05) is 21.7 Å². The van der Waals surface area contributed by atoms with E-state index in [2.05, 4.69) is 15.8 Å². The van der Waals surface area contributed by atoms with Gasteiger partial charge in [0.05, 0.1) is 43.9 Å². The number of carbonyl (C=O) groups excluding carboxylic acids is 2. The number of halogens is 2. The van der Waals surface area contributed by atoms with Gasteiger partial charge in [-0.25, -0.2) is 4.79 Å². The van der Waals surface area contributed by atoms with Crippen LogP contribution in [0.1, 0.15) is 24.8 Å². The van der Waals surface area contributed by atoms with E-state index in [0.717, 1.165) is 0 Å². The number of nitriles is 1. The summed E-state index contributed by atoms with van der Waals surface area (Å²) in [6, 6.07) is 6.96. The standard InChI is InChI=1S/C18H16Cl2N2O4/c1-9-12(8-21)16(11-5-4-10(19)6-13(11)20)17(18(24)26-3)14(22-9)7-15(23)25-2/h4-6,12,16H,7H2,1-3H3. The largest absolute Gasteiger partial charge is 0.469 e. The van der Waals surface area contributed by atoms with Gasteiger partial charge < -0.3 is 9.47 Å². The minimum atomic E-state index is -0.746. The minimum Gasteiger partial charge on any atom is -0.469 e. The molecule has 0 spiro atoms. The van der Waals surface area contributed by atoms with E-state index in [1.54, 1.807) is 19.1 Å². The Balaban J connectivity index is 2.73. The summed E-state index contributed by atoms with van der Waals surface area (Å²) in [7, 11) is 2.46. The number of carbonyl (C=O) groups is 2. The van der Waals surface area contributed by atoms with Gasteiger partial charge in [0.2, 0.25) is 0 Å². The van der Waals surface area contributed by atoms with E-state index in [0.29, 0.717) is 21.3 Å². The van der Waals surface area contributed by atoms with Crippen LogP contribution in [0.2, 0.25) is 10.0 Å². The number of hydrogen-bond acceptors (Lipinski definition) is 6. The quantitative estimate of drug-likeness (QED) is 0.726. The molecule has 0 saturated heterocycles. The van der Waals surface area contributed by atoms with Crippen molar-refractivity contribution in [1.82, 2.24) is 0 Å². The van der Waals surface area contributed by atoms with Crippen molar-refractivity contribution < 1.29 is 19.1 Å². The van der Waals surface area contributed by atoms with E-state index < -0.39 is 23.8 Å². The summed E-state index contributed by atoms with van der Waals surface area (Å²) in [6.07, 6.45) is -0.224. The average Bonchev–Trinajstić information content (AvgIpc) is 2.60. The highest BCUT2D eigenvalue weighted by molar-refractivity contribution is 6.35. The molecule has 1 aromatic carbocycles. The van der Waals surface area contributed by atoms with Crippen LogP contribution in [-0.4, -0.2) is 31.9 Å². The summed E-state index contributed by atoms with van der Waals surface area (Å²) in [4.78, 5) is 28.6. The third-order valence-corrected chi connectivity index (χ3v) is 4.66. The third kappa shape index (κ3) is 3.90. The molecule has 0 radical (unpaired) electrons. The van der Waals surface area contributed by atoms with Crippen LogP contribution in [0.15, 0.2) is 34.5 Å². The lowest BCUT2D eigenvalue weighted by Crippen LogP contribution is -2.30. The zero-order chi connectivity index (χ0) is 19.4. The summed E-state index contributed by atoms with van der Waals surface area (Å²) >= 11 is 12.3. The predicted molar refractivity (Wildman–Crippen MR) is 97.1 cm³/mol. The molecule has 8 heteroatoms. The molecule has 0 N–H and O–H groups in total. The molecule has 2 unspecified atom stereocenters. The van der Waals surface area contributed by atoms with E-state index in [1.165, 1.54) is 20.3 Å². The Kier molecular flexibility index (Phi) is 6.41. The SMILES string of the molecule is COC(=O)CC1=C(C(=O)OC)C(c2ccc(Cl)cc2Cl)C(C#N)C(C)=N1. The summed E-state index contributed by atoms with van der Waals surface area (Å²) in [5, 5.41) is 10.4. The molecule has 0 bridgehead atoms. The molecule has 136 valence electrons. The van der Waals surface area contributed by atoms with Gasteiger partial charge in [-0.05, 0) is 24.6 Å². The molecule has 0 aliphatic carbocycles. The second-order valence-corrected chi connectivity index (χ2v) is 6.45. The van der Waals surface area contributed by atoms with Crippen molar-refractivity contribution in [3.8, 4) is 6.07 Å². The van der Waals surface area contributed by atoms with Crippen LogP contribution < -0.4 is 0 Å². The van der Waals surface area contributed by atoms with E-state index in [9.17, 15) is 14.9 Å². The maximum Gasteiger partial charge on any atom is 0.336 e. The van der Waals surface area contributed by atoms with Crippen LogP contribution in [0.3, 0.4) is 0 Å². The Morgan fingerprint density at radius 3 is 2.50 bits per heavy atom. The first kappa shape index (κ1) is 20.0. The normalized spacial score (nSPS) is 19.5. The van der Waals surface area contributed by atoms with Crippen LogP contribution in [0.4, 0.5) is 0 Å². The molecule has 1 heterocycles. The molecule has 2 atom stereocenters. The van der Waals surface area contributed by atoms with Crippen molar-refractivity contribution >= 4 is 40.9 Å². The third-order valence-electron chi connectivity index (χ3n) is 4.10. The molecule has 6 nitrogen and oxygen atoms in total. The lowest BCUT2D eigenvalue weighted by molar-refractivity contribution is -0.139. The number of hydrogen-bond donors (Lipinski definition) is 0. The highest BCUT2D eigenvalue weighted by Crippen LogP contribution is 2.43. The van der Waals surface area contributed by atoms with Gasteiger partial charge in [0.25, 0.3) is 0 Å². The van der Waals surface area contributed by atoms with Gasteiger partial charge in [-0.2, -0.15) is 5.26 Å². The first-order chi connectivity index (χ1) is 12.3. The molecule has 0 amide bonds. The molecule has 1 aliphatic heterocycles. The van der Waals surface area contributed by atoms with E-state index in [1.807, 2.05) is 0 Å². The Morgan fingerprint density at radius 2 is 1.96 bits per heavy atom. The number of ether oxygens (including phenoxy) is 2. The topological polar surface area (TPSA) is 88.8 Å². The van der Waals surface area contributed by atoms with Gasteiger partial charge in [0.1, 0.15) is 0 Å². The number of aliphatic imine (C=N–C) groups is 1. The number of nitrogens with zero attached hydrogens (tertiary/aromatic N) is 2. The van der Waals surface area contributed by atoms with Crippen molar-refractivity contribution in [2.24, 2.45) is 10.9 Å². The Hall–Kier alpha value is -2.36. The minimum absolute atomic E-state index is 0.110. The number of methoxy groups -OCH3 is 2. The highest BCUT2D eigenvalue weighted by atomic mass is 35.5. The number of benzene rings is 1. The first-order valence-electron chi connectivity index (χ1n) is 7.61. The van der Waals surface area contributed by atoms with Crippen molar-refractivity contribution in [2.75, 3.05) is 14.2 Å². The number of esters is 2. The van der Waals surface area contributed by atoms with Gasteiger partial charge in [-0.1, -0.05) is 29.3 Å². The lowest BCUT2D eigenvalue weighted by Gasteiger charge is -2.30. The molecule has 0 aromatic heterocycles. The Bertz CT molecular complexity index is 855. The molecule has 0 fully saturated rings. The average molecular weight is 395 g/mol. The molecular formula is C18H16Cl2N2O4. The van der Waals surface area contributed by atoms with Crippen molar-refractivity contribution in [3.05, 3.63) is 45.1 Å². The summed E-state index contributed by atoms with van der Waals surface area (Å²) < 4.78 is 9.56. The van der Waals surface area contributed by atoms with E-state index >= 15 is 0 Å². The summed E-state index contributed by atoms with van der Waals surface area (Å²) in [6.45, 7) is 1.66. The highest BCUT2D eigenvalue weighted by Gasteiger charge is 2.40. The van der Waals surface area contributed by atoms with Crippen LogP contribution in [0, 0.1) is 17.2 Å². The van der Waals surface area contributed by atoms with Gasteiger partial charge >= 0.3 is 11.9 Å². The van der Waals surface area contributed by atoms with Crippen molar-refractivity contribution in [2.45, 2.75) is 19.3 Å². The second kappa shape index (κ2) is 8.35. The maximum absolute atomic E-state index is 12.5. The molecule has 1 aromatic rings. The Labute approximate surface area is 161 Å². The van der Waals surface area contributed by atoms with Crippen molar-refractivity contribution in [1.29, 1.82) is 5.26 Å². The molecule has 26 heavy (non-hydrogen) atoms. The van der Waals surface area contributed by atoms with Gasteiger partial charge in [-0.3, -0.25) is 9.79 Å². The van der Waals surface area contributed by atoms with Gasteiger partial charge in [0.15, 0.2) is 0 Å².